The van der Waals surface area contributed by atoms with Crippen LogP contribution in [0.2, 0.25) is 0 Å². The number of carbonyl (C=O) groups excluding carboxylic acids is 1. The van der Waals surface area contributed by atoms with Crippen LogP contribution >= 0.6 is 43.6 Å². The van der Waals surface area contributed by atoms with Crippen LogP contribution in [0.5, 0.6) is 0 Å². The molecule has 2 rings (SSSR count). The lowest BCUT2D eigenvalue weighted by atomic mass is 10.2. The predicted octanol–water partition coefficient (Wildman–Crippen LogP) is 5.24. The molecule has 0 aliphatic heterocycles. The highest BCUT2D eigenvalue weighted by Crippen LogP contribution is 2.34. The first-order valence-electron chi connectivity index (χ1n) is 5.32. The lowest BCUT2D eigenvalue weighted by molar-refractivity contribution is -0.107. The van der Waals surface area contributed by atoms with Gasteiger partial charge in [0.2, 0.25) is 0 Å². The molecule has 0 spiro atoms. The van der Waals surface area contributed by atoms with E-state index in [9.17, 15) is 4.79 Å². The molecule has 2 aromatic rings. The average molecular weight is 386 g/mol. The summed E-state index contributed by atoms with van der Waals surface area (Å²) < 4.78 is 2.06. The summed E-state index contributed by atoms with van der Waals surface area (Å²) in [5, 5.41) is -0.167. The molecule has 1 atom stereocenters. The van der Waals surface area contributed by atoms with Gasteiger partial charge in [0.15, 0.2) is 0 Å². The van der Waals surface area contributed by atoms with E-state index in [-0.39, 0.29) is 5.25 Å². The number of thioether (sulfide) groups is 1. The van der Waals surface area contributed by atoms with Gasteiger partial charge in [-0.15, -0.1) is 11.8 Å². The second-order valence-electron chi connectivity index (χ2n) is 3.68. The van der Waals surface area contributed by atoms with Crippen molar-refractivity contribution in [1.29, 1.82) is 0 Å². The largest absolute Gasteiger partial charge is 0.302 e. The Morgan fingerprint density at radius 1 is 0.889 bits per heavy atom. The molecule has 4 heteroatoms. The molecule has 18 heavy (non-hydrogen) atoms. The summed E-state index contributed by atoms with van der Waals surface area (Å²) in [6.07, 6.45) is 0.982. The van der Waals surface area contributed by atoms with E-state index in [2.05, 4.69) is 31.9 Å². The molecule has 0 fully saturated rings. The Balaban J connectivity index is 2.16. The van der Waals surface area contributed by atoms with Crippen LogP contribution in [0, 0.1) is 0 Å². The lowest BCUT2D eigenvalue weighted by Gasteiger charge is -2.10. The highest BCUT2D eigenvalue weighted by atomic mass is 79.9. The number of benzene rings is 2. The summed E-state index contributed by atoms with van der Waals surface area (Å²) in [5.74, 6) is 0. The molecular formula is C14H10Br2OS. The van der Waals surface area contributed by atoms with Gasteiger partial charge in [0.1, 0.15) is 6.29 Å². The van der Waals surface area contributed by atoms with Gasteiger partial charge >= 0.3 is 0 Å². The molecular weight excluding hydrogens is 376 g/mol. The molecule has 0 aliphatic carbocycles. The molecule has 2 aromatic carbocycles. The van der Waals surface area contributed by atoms with Gasteiger partial charge in [0, 0.05) is 13.8 Å². The Morgan fingerprint density at radius 3 is 1.89 bits per heavy atom. The van der Waals surface area contributed by atoms with Crippen molar-refractivity contribution in [1.82, 2.24) is 0 Å². The highest BCUT2D eigenvalue weighted by molar-refractivity contribution is 9.10. The van der Waals surface area contributed by atoms with Crippen LogP contribution in [0.3, 0.4) is 0 Å². The zero-order chi connectivity index (χ0) is 13.0. The molecule has 0 bridgehead atoms. The van der Waals surface area contributed by atoms with E-state index in [4.69, 9.17) is 0 Å². The highest BCUT2D eigenvalue weighted by Gasteiger charge is 2.11. The van der Waals surface area contributed by atoms with Gasteiger partial charge in [-0.3, -0.25) is 0 Å². The predicted molar refractivity (Wildman–Crippen MR) is 82.9 cm³/mol. The maximum Gasteiger partial charge on any atom is 0.137 e. The van der Waals surface area contributed by atoms with E-state index >= 15 is 0 Å². The summed E-state index contributed by atoms with van der Waals surface area (Å²) in [6, 6.07) is 15.8. The van der Waals surface area contributed by atoms with E-state index in [0.29, 0.717) is 0 Å². The number of aldehydes is 1. The maximum atomic E-state index is 11.2. The van der Waals surface area contributed by atoms with Crippen molar-refractivity contribution in [3.8, 4) is 0 Å². The van der Waals surface area contributed by atoms with Crippen molar-refractivity contribution >= 4 is 49.9 Å². The molecule has 0 aliphatic rings. The molecule has 1 unspecified atom stereocenters. The fourth-order valence-corrected chi connectivity index (χ4v) is 2.95. The molecule has 0 heterocycles. The van der Waals surface area contributed by atoms with E-state index < -0.39 is 0 Å². The van der Waals surface area contributed by atoms with Crippen molar-refractivity contribution in [2.45, 2.75) is 10.1 Å². The molecule has 1 nitrogen and oxygen atoms in total. The molecule has 0 amide bonds. The summed E-state index contributed by atoms with van der Waals surface area (Å²) in [5.41, 5.74) is 1.01. The monoisotopic (exact) mass is 384 g/mol. The summed E-state index contributed by atoms with van der Waals surface area (Å²) in [6.45, 7) is 0. The number of halogens is 2. The number of rotatable bonds is 4. The van der Waals surface area contributed by atoms with Crippen molar-refractivity contribution in [2.75, 3.05) is 0 Å². The Bertz CT molecular complexity index is 522. The summed E-state index contributed by atoms with van der Waals surface area (Å²) in [4.78, 5) is 12.3. The molecule has 0 N–H and O–H groups in total. The fraction of sp³-hybridized carbons (Fsp3) is 0.0714. The zero-order valence-corrected chi connectivity index (χ0v) is 13.3. The summed E-state index contributed by atoms with van der Waals surface area (Å²) >= 11 is 8.34. The Labute approximate surface area is 127 Å². The van der Waals surface area contributed by atoms with Crippen LogP contribution in [0.4, 0.5) is 0 Å². The first-order valence-corrected chi connectivity index (χ1v) is 7.78. The first kappa shape index (κ1) is 13.8. The van der Waals surface area contributed by atoms with Gasteiger partial charge in [-0.25, -0.2) is 0 Å². The molecule has 92 valence electrons. The van der Waals surface area contributed by atoms with Crippen molar-refractivity contribution < 1.29 is 4.79 Å². The van der Waals surface area contributed by atoms with Crippen LogP contribution < -0.4 is 0 Å². The Morgan fingerprint density at radius 2 is 1.39 bits per heavy atom. The molecule has 0 saturated carbocycles. The van der Waals surface area contributed by atoms with Gasteiger partial charge in [-0.2, -0.15) is 0 Å². The number of hydrogen-bond acceptors (Lipinski definition) is 2. The van der Waals surface area contributed by atoms with Crippen molar-refractivity contribution in [2.24, 2.45) is 0 Å². The minimum atomic E-state index is -0.167. The third-order valence-corrected chi connectivity index (χ3v) is 4.64. The van der Waals surface area contributed by atoms with Gasteiger partial charge in [0.05, 0.1) is 5.25 Å². The normalized spacial score (nSPS) is 12.1. The van der Waals surface area contributed by atoms with Crippen LogP contribution in [0.1, 0.15) is 10.8 Å². The Kier molecular flexibility index (Phi) is 5.03. The minimum Gasteiger partial charge on any atom is -0.302 e. The topological polar surface area (TPSA) is 17.1 Å². The SMILES string of the molecule is O=CC(Sc1ccc(Br)cc1)c1ccc(Br)cc1. The zero-order valence-electron chi connectivity index (χ0n) is 9.35. The fourth-order valence-electron chi connectivity index (χ4n) is 1.49. The van der Waals surface area contributed by atoms with Crippen LogP contribution in [0.15, 0.2) is 62.4 Å². The van der Waals surface area contributed by atoms with Gasteiger partial charge < -0.3 is 4.79 Å². The second-order valence-corrected chi connectivity index (χ2v) is 6.73. The third kappa shape index (κ3) is 3.70. The smallest absolute Gasteiger partial charge is 0.137 e. The average Bonchev–Trinajstić information content (AvgIpc) is 2.39. The van der Waals surface area contributed by atoms with E-state index in [0.717, 1.165) is 25.7 Å². The van der Waals surface area contributed by atoms with E-state index in [1.807, 2.05) is 48.5 Å². The van der Waals surface area contributed by atoms with E-state index in [1.54, 1.807) is 11.8 Å². The molecule has 0 aromatic heterocycles. The van der Waals surface area contributed by atoms with Gasteiger partial charge in [0.25, 0.3) is 0 Å². The van der Waals surface area contributed by atoms with Crippen molar-refractivity contribution in [3.05, 3.63) is 63.0 Å². The van der Waals surface area contributed by atoms with Crippen LogP contribution in [-0.2, 0) is 4.79 Å². The maximum absolute atomic E-state index is 11.2. The quantitative estimate of drug-likeness (QED) is 0.528. The van der Waals surface area contributed by atoms with Crippen molar-refractivity contribution in [3.63, 3.8) is 0 Å². The Hall–Kier alpha value is -0.580. The van der Waals surface area contributed by atoms with Gasteiger partial charge in [-0.05, 0) is 42.0 Å². The summed E-state index contributed by atoms with van der Waals surface area (Å²) in [7, 11) is 0. The molecule has 0 radical (unpaired) electrons. The first-order chi connectivity index (χ1) is 8.69. The molecule has 0 saturated heterocycles. The number of carbonyl (C=O) groups is 1. The minimum absolute atomic E-state index is 0.167. The van der Waals surface area contributed by atoms with Crippen LogP contribution in [-0.4, -0.2) is 6.29 Å². The third-order valence-electron chi connectivity index (χ3n) is 2.40. The lowest BCUT2D eigenvalue weighted by Crippen LogP contribution is -1.94. The van der Waals surface area contributed by atoms with Crippen LogP contribution in [0.25, 0.3) is 0 Å². The standard InChI is InChI=1S/C14H10Br2OS/c15-11-3-1-10(2-4-11)14(9-17)18-13-7-5-12(16)6-8-13/h1-9,14H. The van der Waals surface area contributed by atoms with E-state index in [1.165, 1.54) is 0 Å². The second kappa shape index (κ2) is 6.55. The van der Waals surface area contributed by atoms with Gasteiger partial charge in [-0.1, -0.05) is 44.0 Å². The number of hydrogen-bond donors (Lipinski definition) is 0.